The van der Waals surface area contributed by atoms with Gasteiger partial charge in [0, 0.05) is 59.7 Å². The summed E-state index contributed by atoms with van der Waals surface area (Å²) in [5, 5.41) is 6.38. The summed E-state index contributed by atoms with van der Waals surface area (Å²) in [4.78, 5) is 4.15. The number of aliphatic imine (C=N–C) groups is 1. The van der Waals surface area contributed by atoms with Crippen LogP contribution in [0.2, 0.25) is 0 Å². The highest BCUT2D eigenvalue weighted by atomic mass is 32.2. The van der Waals surface area contributed by atoms with Gasteiger partial charge in [0.15, 0.2) is 5.96 Å². The van der Waals surface area contributed by atoms with Gasteiger partial charge in [-0.2, -0.15) is 0 Å². The van der Waals surface area contributed by atoms with Crippen LogP contribution in [0.1, 0.15) is 25.7 Å². The standard InChI is InChI=1S/C16H32N4O4S/c1-17-16(19-7-9-20-8-3-13-25(20,21)22)18-6-2-10-24-14-15-4-11-23-12-5-15/h15H,2-14H2,1H3,(H2,17,18,19). The van der Waals surface area contributed by atoms with E-state index in [0.29, 0.717) is 31.5 Å². The van der Waals surface area contributed by atoms with Crippen molar-refractivity contribution in [3.05, 3.63) is 0 Å². The summed E-state index contributed by atoms with van der Waals surface area (Å²) < 4.78 is 36.1. The van der Waals surface area contributed by atoms with E-state index in [1.54, 1.807) is 7.05 Å². The summed E-state index contributed by atoms with van der Waals surface area (Å²) >= 11 is 0. The molecule has 0 unspecified atom stereocenters. The molecule has 0 amide bonds. The Morgan fingerprint density at radius 2 is 2.04 bits per heavy atom. The van der Waals surface area contributed by atoms with Crippen molar-refractivity contribution in [3.8, 4) is 0 Å². The third-order valence-electron chi connectivity index (χ3n) is 4.53. The van der Waals surface area contributed by atoms with Gasteiger partial charge in [-0.1, -0.05) is 0 Å². The zero-order valence-electron chi connectivity index (χ0n) is 15.2. The molecule has 0 aromatic heterocycles. The van der Waals surface area contributed by atoms with Crippen molar-refractivity contribution in [2.75, 3.05) is 65.4 Å². The Balaban J connectivity index is 1.49. The highest BCUT2D eigenvalue weighted by Crippen LogP contribution is 2.14. The molecule has 25 heavy (non-hydrogen) atoms. The minimum absolute atomic E-state index is 0.272. The van der Waals surface area contributed by atoms with Crippen LogP contribution < -0.4 is 10.6 Å². The van der Waals surface area contributed by atoms with Crippen LogP contribution in [0.4, 0.5) is 0 Å². The number of nitrogens with one attached hydrogen (secondary N) is 2. The molecule has 0 radical (unpaired) electrons. The van der Waals surface area contributed by atoms with Gasteiger partial charge in [0.1, 0.15) is 0 Å². The molecule has 0 saturated carbocycles. The van der Waals surface area contributed by atoms with E-state index >= 15 is 0 Å². The van der Waals surface area contributed by atoms with Gasteiger partial charge in [-0.15, -0.1) is 0 Å². The van der Waals surface area contributed by atoms with E-state index in [1.807, 2.05) is 0 Å². The highest BCUT2D eigenvalue weighted by Gasteiger charge is 2.27. The third-order valence-corrected chi connectivity index (χ3v) is 6.49. The van der Waals surface area contributed by atoms with Crippen molar-refractivity contribution in [2.24, 2.45) is 10.9 Å². The topological polar surface area (TPSA) is 92.3 Å². The summed E-state index contributed by atoms with van der Waals surface area (Å²) in [7, 11) is -1.31. The fourth-order valence-corrected chi connectivity index (χ4v) is 4.53. The maximum atomic E-state index is 11.7. The lowest BCUT2D eigenvalue weighted by atomic mass is 10.0. The van der Waals surface area contributed by atoms with E-state index in [1.165, 1.54) is 4.31 Å². The molecule has 2 fully saturated rings. The molecule has 2 saturated heterocycles. The first-order valence-electron chi connectivity index (χ1n) is 9.19. The Morgan fingerprint density at radius 1 is 1.28 bits per heavy atom. The number of hydrogen-bond acceptors (Lipinski definition) is 5. The van der Waals surface area contributed by atoms with E-state index < -0.39 is 10.0 Å². The summed E-state index contributed by atoms with van der Waals surface area (Å²) in [6.45, 7) is 5.70. The molecular weight excluding hydrogens is 344 g/mol. The van der Waals surface area contributed by atoms with Gasteiger partial charge in [0.05, 0.1) is 5.75 Å². The molecule has 146 valence electrons. The zero-order chi connectivity index (χ0) is 18.0. The number of hydrogen-bond donors (Lipinski definition) is 2. The molecule has 0 aromatic carbocycles. The minimum Gasteiger partial charge on any atom is -0.381 e. The molecule has 0 atom stereocenters. The molecular formula is C16H32N4O4S. The normalized spacial score (nSPS) is 22.2. The largest absolute Gasteiger partial charge is 0.381 e. The fraction of sp³-hybridized carbons (Fsp3) is 0.938. The Kier molecular flexibility index (Phi) is 8.94. The smallest absolute Gasteiger partial charge is 0.214 e. The molecule has 0 aromatic rings. The van der Waals surface area contributed by atoms with Crippen molar-refractivity contribution >= 4 is 16.0 Å². The van der Waals surface area contributed by atoms with Gasteiger partial charge >= 0.3 is 0 Å². The fourth-order valence-electron chi connectivity index (χ4n) is 3.01. The molecule has 0 bridgehead atoms. The summed E-state index contributed by atoms with van der Waals surface area (Å²) in [6.07, 6.45) is 3.83. The molecule has 0 spiro atoms. The lowest BCUT2D eigenvalue weighted by Crippen LogP contribution is -2.42. The number of ether oxygens (including phenoxy) is 2. The van der Waals surface area contributed by atoms with Gasteiger partial charge in [-0.05, 0) is 31.6 Å². The monoisotopic (exact) mass is 376 g/mol. The van der Waals surface area contributed by atoms with Crippen LogP contribution in [-0.4, -0.2) is 84.1 Å². The predicted molar refractivity (Wildman–Crippen MR) is 98.3 cm³/mol. The summed E-state index contributed by atoms with van der Waals surface area (Å²) in [6, 6.07) is 0. The van der Waals surface area contributed by atoms with Crippen LogP contribution >= 0.6 is 0 Å². The van der Waals surface area contributed by atoms with Crippen LogP contribution in [0.15, 0.2) is 4.99 Å². The summed E-state index contributed by atoms with van der Waals surface area (Å²) in [5.74, 6) is 1.60. The van der Waals surface area contributed by atoms with E-state index in [4.69, 9.17) is 9.47 Å². The van der Waals surface area contributed by atoms with Crippen LogP contribution in [0, 0.1) is 5.92 Å². The lowest BCUT2D eigenvalue weighted by molar-refractivity contribution is 0.0203. The maximum absolute atomic E-state index is 11.7. The van der Waals surface area contributed by atoms with Crippen molar-refractivity contribution in [1.82, 2.24) is 14.9 Å². The van der Waals surface area contributed by atoms with Gasteiger partial charge in [-0.3, -0.25) is 4.99 Å². The van der Waals surface area contributed by atoms with Gasteiger partial charge < -0.3 is 20.1 Å². The second-order valence-corrected chi connectivity index (χ2v) is 8.57. The Morgan fingerprint density at radius 3 is 2.72 bits per heavy atom. The second kappa shape index (κ2) is 10.9. The number of guanidine groups is 1. The van der Waals surface area contributed by atoms with Crippen molar-refractivity contribution in [1.29, 1.82) is 0 Å². The van der Waals surface area contributed by atoms with Crippen LogP contribution in [-0.2, 0) is 19.5 Å². The zero-order valence-corrected chi connectivity index (χ0v) is 16.0. The Hall–Kier alpha value is -0.900. The molecule has 0 aliphatic carbocycles. The molecule has 2 aliphatic rings. The number of nitrogens with zero attached hydrogens (tertiary/aromatic N) is 2. The van der Waals surface area contributed by atoms with Crippen LogP contribution in [0.25, 0.3) is 0 Å². The van der Waals surface area contributed by atoms with Crippen molar-refractivity contribution in [3.63, 3.8) is 0 Å². The Bertz CT molecular complexity index is 506. The molecule has 2 N–H and O–H groups in total. The Labute approximate surface area is 151 Å². The van der Waals surface area contributed by atoms with Gasteiger partial charge in [-0.25, -0.2) is 12.7 Å². The molecule has 8 nitrogen and oxygen atoms in total. The van der Waals surface area contributed by atoms with Crippen molar-refractivity contribution in [2.45, 2.75) is 25.7 Å². The van der Waals surface area contributed by atoms with E-state index in [0.717, 1.165) is 58.7 Å². The van der Waals surface area contributed by atoms with Gasteiger partial charge in [0.25, 0.3) is 0 Å². The van der Waals surface area contributed by atoms with E-state index in [2.05, 4.69) is 15.6 Å². The van der Waals surface area contributed by atoms with E-state index in [9.17, 15) is 8.42 Å². The van der Waals surface area contributed by atoms with Crippen molar-refractivity contribution < 1.29 is 17.9 Å². The molecule has 9 heteroatoms. The van der Waals surface area contributed by atoms with Gasteiger partial charge in [0.2, 0.25) is 10.0 Å². The number of sulfonamides is 1. The summed E-state index contributed by atoms with van der Waals surface area (Å²) in [5.41, 5.74) is 0. The lowest BCUT2D eigenvalue weighted by Gasteiger charge is -2.21. The second-order valence-electron chi connectivity index (χ2n) is 6.48. The first kappa shape index (κ1) is 20.4. The number of rotatable bonds is 9. The van der Waals surface area contributed by atoms with Crippen LogP contribution in [0.3, 0.4) is 0 Å². The first-order chi connectivity index (χ1) is 12.1. The quantitative estimate of drug-likeness (QED) is 0.335. The average molecular weight is 377 g/mol. The first-order valence-corrected chi connectivity index (χ1v) is 10.8. The maximum Gasteiger partial charge on any atom is 0.214 e. The SMILES string of the molecule is CN=C(NCCCOCC1CCOCC1)NCCN1CCCS1(=O)=O. The highest BCUT2D eigenvalue weighted by molar-refractivity contribution is 7.89. The van der Waals surface area contributed by atoms with Crippen LogP contribution in [0.5, 0.6) is 0 Å². The molecule has 2 aliphatic heterocycles. The predicted octanol–water partition coefficient (Wildman–Crippen LogP) is 0.0202. The molecule has 2 heterocycles. The van der Waals surface area contributed by atoms with E-state index in [-0.39, 0.29) is 5.75 Å². The molecule has 2 rings (SSSR count). The third kappa shape index (κ3) is 7.47. The average Bonchev–Trinajstić information content (AvgIpc) is 2.95. The minimum atomic E-state index is -3.02.